The van der Waals surface area contributed by atoms with Crippen LogP contribution in [0.15, 0.2) is 48.0 Å². The number of nitro benzene ring substituents is 1. The van der Waals surface area contributed by atoms with Crippen LogP contribution in [-0.4, -0.2) is 23.0 Å². The minimum atomic E-state index is -0.766. The van der Waals surface area contributed by atoms with Crippen molar-refractivity contribution >= 4 is 23.4 Å². The molecule has 126 valence electrons. The van der Waals surface area contributed by atoms with Crippen LogP contribution in [0.2, 0.25) is 0 Å². The summed E-state index contributed by atoms with van der Waals surface area (Å²) in [4.78, 5) is 22.2. The Labute approximate surface area is 142 Å². The number of benzene rings is 2. The number of phenolic OH excluding ortho intramolecular Hbond substituents is 1. The van der Waals surface area contributed by atoms with Crippen molar-refractivity contribution < 1.29 is 19.6 Å². The van der Waals surface area contributed by atoms with Gasteiger partial charge in [0, 0.05) is 11.6 Å². The first-order valence-electron chi connectivity index (χ1n) is 7.00. The van der Waals surface area contributed by atoms with E-state index in [0.717, 1.165) is 12.1 Å². The van der Waals surface area contributed by atoms with Gasteiger partial charge in [0.25, 0.3) is 11.6 Å². The van der Waals surface area contributed by atoms with Gasteiger partial charge in [0.15, 0.2) is 0 Å². The molecule has 0 heterocycles. The maximum Gasteiger partial charge on any atom is 0.273 e. The molecule has 2 aromatic carbocycles. The van der Waals surface area contributed by atoms with Crippen LogP contribution in [-0.2, 0) is 4.79 Å². The topological polar surface area (TPSA) is 125 Å². The Hall–Kier alpha value is -3.86. The van der Waals surface area contributed by atoms with E-state index in [9.17, 15) is 25.3 Å². The first-order chi connectivity index (χ1) is 12.0. The van der Waals surface area contributed by atoms with E-state index < -0.39 is 16.6 Å². The lowest BCUT2D eigenvalue weighted by molar-refractivity contribution is -0.384. The smallest absolute Gasteiger partial charge is 0.273 e. The van der Waals surface area contributed by atoms with Crippen molar-refractivity contribution in [2.45, 2.75) is 0 Å². The molecule has 1 amide bonds. The summed E-state index contributed by atoms with van der Waals surface area (Å²) >= 11 is 0. The Kier molecular flexibility index (Phi) is 5.32. The molecule has 0 atom stereocenters. The second-order valence-electron chi connectivity index (χ2n) is 4.82. The molecule has 2 rings (SSSR count). The van der Waals surface area contributed by atoms with Crippen LogP contribution >= 0.6 is 0 Å². The van der Waals surface area contributed by atoms with Gasteiger partial charge in [0.05, 0.1) is 23.8 Å². The SMILES string of the molecule is COc1ccccc1C=C(C#N)C(=O)Nc1ccc([N+](=O)[O-])cc1O. The van der Waals surface area contributed by atoms with Gasteiger partial charge in [0.2, 0.25) is 0 Å². The molecule has 0 aliphatic heterocycles. The van der Waals surface area contributed by atoms with Crippen LogP contribution in [0.1, 0.15) is 5.56 Å². The van der Waals surface area contributed by atoms with Gasteiger partial charge in [-0.25, -0.2) is 0 Å². The first kappa shape index (κ1) is 17.5. The lowest BCUT2D eigenvalue weighted by atomic mass is 10.1. The fraction of sp³-hybridized carbons (Fsp3) is 0.0588. The van der Waals surface area contributed by atoms with E-state index in [1.807, 2.05) is 0 Å². The Bertz CT molecular complexity index is 899. The highest BCUT2D eigenvalue weighted by atomic mass is 16.6. The van der Waals surface area contributed by atoms with E-state index in [1.54, 1.807) is 30.3 Å². The maximum atomic E-state index is 12.2. The summed E-state index contributed by atoms with van der Waals surface area (Å²) in [7, 11) is 1.47. The van der Waals surface area contributed by atoms with Gasteiger partial charge < -0.3 is 15.2 Å². The number of carbonyl (C=O) groups excluding carboxylic acids is 1. The summed E-state index contributed by atoms with van der Waals surface area (Å²) in [5.74, 6) is -0.754. The number of methoxy groups -OCH3 is 1. The van der Waals surface area contributed by atoms with Crippen molar-refractivity contribution in [1.29, 1.82) is 5.26 Å². The minimum Gasteiger partial charge on any atom is -0.506 e. The zero-order valence-corrected chi connectivity index (χ0v) is 13.1. The van der Waals surface area contributed by atoms with Gasteiger partial charge in [-0.2, -0.15) is 5.26 Å². The van der Waals surface area contributed by atoms with Crippen molar-refractivity contribution in [2.75, 3.05) is 12.4 Å². The molecular formula is C17H13N3O5. The zero-order valence-electron chi connectivity index (χ0n) is 13.1. The number of non-ortho nitro benzene ring substituents is 1. The Balaban J connectivity index is 2.28. The number of nitriles is 1. The number of hydrogen-bond donors (Lipinski definition) is 2. The molecule has 0 unspecified atom stereocenters. The molecular weight excluding hydrogens is 326 g/mol. The minimum absolute atomic E-state index is 0.0447. The van der Waals surface area contributed by atoms with Gasteiger partial charge in [-0.15, -0.1) is 0 Å². The van der Waals surface area contributed by atoms with Crippen LogP contribution in [0, 0.1) is 21.4 Å². The van der Waals surface area contributed by atoms with E-state index in [1.165, 1.54) is 19.3 Å². The lowest BCUT2D eigenvalue weighted by Crippen LogP contribution is -2.13. The number of phenols is 1. The monoisotopic (exact) mass is 339 g/mol. The van der Waals surface area contributed by atoms with E-state index in [0.29, 0.717) is 11.3 Å². The summed E-state index contributed by atoms with van der Waals surface area (Å²) in [6, 6.07) is 11.8. The third-order valence-corrected chi connectivity index (χ3v) is 3.24. The Morgan fingerprint density at radius 3 is 2.68 bits per heavy atom. The third kappa shape index (κ3) is 4.11. The maximum absolute atomic E-state index is 12.2. The van der Waals surface area contributed by atoms with Crippen molar-refractivity contribution in [2.24, 2.45) is 0 Å². The summed E-state index contributed by atoms with van der Waals surface area (Å²) in [6.07, 6.45) is 1.34. The summed E-state index contributed by atoms with van der Waals surface area (Å²) < 4.78 is 5.15. The quantitative estimate of drug-likeness (QED) is 0.284. The zero-order chi connectivity index (χ0) is 18.4. The summed E-state index contributed by atoms with van der Waals surface area (Å²) in [5.41, 5.74) is -0.0516. The number of carbonyl (C=O) groups is 1. The molecule has 8 nitrogen and oxygen atoms in total. The number of para-hydroxylation sites is 1. The van der Waals surface area contributed by atoms with Crippen LogP contribution in [0.5, 0.6) is 11.5 Å². The normalized spacial score (nSPS) is 10.6. The molecule has 0 aliphatic carbocycles. The summed E-state index contributed by atoms with van der Waals surface area (Å²) in [5, 5.41) is 32.0. The lowest BCUT2D eigenvalue weighted by Gasteiger charge is -2.07. The molecule has 0 bridgehead atoms. The average molecular weight is 339 g/mol. The van der Waals surface area contributed by atoms with Crippen LogP contribution in [0.25, 0.3) is 6.08 Å². The van der Waals surface area contributed by atoms with E-state index in [-0.39, 0.29) is 16.9 Å². The van der Waals surface area contributed by atoms with Crippen molar-refractivity contribution in [3.63, 3.8) is 0 Å². The Morgan fingerprint density at radius 2 is 2.08 bits per heavy atom. The number of nitrogens with zero attached hydrogens (tertiary/aromatic N) is 2. The number of amides is 1. The molecule has 2 N–H and O–H groups in total. The van der Waals surface area contributed by atoms with Gasteiger partial charge in [0.1, 0.15) is 23.1 Å². The fourth-order valence-corrected chi connectivity index (χ4v) is 2.02. The van der Waals surface area contributed by atoms with Gasteiger partial charge in [-0.05, 0) is 18.2 Å². The van der Waals surface area contributed by atoms with Crippen molar-refractivity contribution in [3.05, 3.63) is 63.7 Å². The molecule has 0 spiro atoms. The summed E-state index contributed by atoms with van der Waals surface area (Å²) in [6.45, 7) is 0. The molecule has 0 radical (unpaired) electrons. The second-order valence-corrected chi connectivity index (χ2v) is 4.82. The van der Waals surface area contributed by atoms with Crippen LogP contribution in [0.4, 0.5) is 11.4 Å². The molecule has 0 saturated heterocycles. The van der Waals surface area contributed by atoms with E-state index >= 15 is 0 Å². The molecule has 0 aliphatic rings. The third-order valence-electron chi connectivity index (χ3n) is 3.24. The molecule has 0 saturated carbocycles. The highest BCUT2D eigenvalue weighted by Crippen LogP contribution is 2.28. The van der Waals surface area contributed by atoms with Gasteiger partial charge in [-0.3, -0.25) is 14.9 Å². The standard InChI is InChI=1S/C17H13N3O5/c1-25-16-5-3-2-4-11(16)8-12(10-18)17(22)19-14-7-6-13(20(23)24)9-15(14)21/h2-9,21H,1H3,(H,19,22). The Morgan fingerprint density at radius 1 is 1.36 bits per heavy atom. The molecule has 2 aromatic rings. The molecule has 0 fully saturated rings. The first-order valence-corrected chi connectivity index (χ1v) is 7.00. The predicted octanol–water partition coefficient (Wildman–Crippen LogP) is 2.85. The average Bonchev–Trinajstić information content (AvgIpc) is 2.61. The molecule has 0 aromatic heterocycles. The number of rotatable bonds is 5. The van der Waals surface area contributed by atoms with Crippen molar-refractivity contribution in [3.8, 4) is 17.6 Å². The van der Waals surface area contributed by atoms with E-state index in [4.69, 9.17) is 4.74 Å². The number of ether oxygens (including phenoxy) is 1. The van der Waals surface area contributed by atoms with Crippen LogP contribution in [0.3, 0.4) is 0 Å². The number of hydrogen-bond acceptors (Lipinski definition) is 6. The fourth-order valence-electron chi connectivity index (χ4n) is 2.02. The van der Waals surface area contributed by atoms with E-state index in [2.05, 4.69) is 5.32 Å². The predicted molar refractivity (Wildman–Crippen MR) is 90.0 cm³/mol. The number of nitrogens with one attached hydrogen (secondary N) is 1. The van der Waals surface area contributed by atoms with Crippen molar-refractivity contribution in [1.82, 2.24) is 0 Å². The number of nitro groups is 1. The van der Waals surface area contributed by atoms with Gasteiger partial charge >= 0.3 is 0 Å². The van der Waals surface area contributed by atoms with Gasteiger partial charge in [-0.1, -0.05) is 18.2 Å². The number of anilines is 1. The largest absolute Gasteiger partial charge is 0.506 e. The second kappa shape index (κ2) is 7.61. The number of aromatic hydroxyl groups is 1. The molecule has 25 heavy (non-hydrogen) atoms. The molecule has 8 heteroatoms. The highest BCUT2D eigenvalue weighted by Gasteiger charge is 2.15. The highest BCUT2D eigenvalue weighted by molar-refractivity contribution is 6.10. The van der Waals surface area contributed by atoms with Crippen LogP contribution < -0.4 is 10.1 Å².